The van der Waals surface area contributed by atoms with E-state index in [1.54, 1.807) is 23.5 Å². The molecular weight excluding hydrogens is 449 g/mol. The van der Waals surface area contributed by atoms with Gasteiger partial charge in [0.1, 0.15) is 10.8 Å². The number of fused-ring (bicyclic) bond motifs is 1. The fraction of sp³-hybridized carbons (Fsp3) is 0.130. The molecule has 4 aromatic rings. The number of sulfonamides is 1. The number of halogens is 1. The smallest absolute Gasteiger partial charge is 0.240 e. The lowest BCUT2D eigenvalue weighted by Crippen LogP contribution is -2.27. The van der Waals surface area contributed by atoms with Crippen molar-refractivity contribution in [1.29, 1.82) is 0 Å². The molecule has 6 nitrogen and oxygen atoms in total. The number of nitrogens with zero attached hydrogens (tertiary/aromatic N) is 1. The molecule has 0 aliphatic rings. The second-order valence-electron chi connectivity index (χ2n) is 7.22. The van der Waals surface area contributed by atoms with Gasteiger partial charge in [0.25, 0.3) is 0 Å². The first kappa shape index (κ1) is 22.1. The van der Waals surface area contributed by atoms with Crippen LogP contribution in [0.2, 0.25) is 0 Å². The van der Waals surface area contributed by atoms with E-state index < -0.39 is 15.8 Å². The second-order valence-corrected chi connectivity index (χ2v) is 10.0. The van der Waals surface area contributed by atoms with E-state index in [9.17, 15) is 17.6 Å². The number of thiazole rings is 1. The highest BCUT2D eigenvalue weighted by molar-refractivity contribution is 7.89. The van der Waals surface area contributed by atoms with Crippen molar-refractivity contribution < 1.29 is 17.6 Å². The van der Waals surface area contributed by atoms with E-state index in [2.05, 4.69) is 21.1 Å². The number of anilines is 1. The van der Waals surface area contributed by atoms with Crippen LogP contribution in [-0.4, -0.2) is 25.9 Å². The summed E-state index contributed by atoms with van der Waals surface area (Å²) in [5, 5.41) is 3.65. The maximum atomic E-state index is 13.0. The molecule has 4 rings (SSSR count). The van der Waals surface area contributed by atoms with Gasteiger partial charge in [0, 0.05) is 24.2 Å². The number of carbonyl (C=O) groups is 1. The van der Waals surface area contributed by atoms with Crippen molar-refractivity contribution in [3.63, 3.8) is 0 Å². The Labute approximate surface area is 189 Å². The summed E-state index contributed by atoms with van der Waals surface area (Å²) in [5.41, 5.74) is 3.70. The number of benzene rings is 3. The van der Waals surface area contributed by atoms with Crippen molar-refractivity contribution in [1.82, 2.24) is 9.71 Å². The van der Waals surface area contributed by atoms with Gasteiger partial charge in [-0.25, -0.2) is 22.5 Å². The third kappa shape index (κ3) is 5.18. The lowest BCUT2D eigenvalue weighted by molar-refractivity contribution is -0.116. The Morgan fingerprint density at radius 2 is 1.75 bits per heavy atom. The van der Waals surface area contributed by atoms with Gasteiger partial charge < -0.3 is 5.32 Å². The van der Waals surface area contributed by atoms with Crippen LogP contribution >= 0.6 is 11.3 Å². The van der Waals surface area contributed by atoms with Crippen LogP contribution in [0.4, 0.5) is 10.1 Å². The van der Waals surface area contributed by atoms with Crippen molar-refractivity contribution in [3.05, 3.63) is 78.1 Å². The lowest BCUT2D eigenvalue weighted by atomic mass is 10.2. The maximum absolute atomic E-state index is 13.0. The van der Waals surface area contributed by atoms with Gasteiger partial charge in [-0.3, -0.25) is 4.79 Å². The van der Waals surface area contributed by atoms with E-state index in [1.165, 1.54) is 17.7 Å². The number of carbonyl (C=O) groups excluding carboxylic acids is 1. The zero-order chi connectivity index (χ0) is 22.7. The Hall–Kier alpha value is -3.14. The summed E-state index contributed by atoms with van der Waals surface area (Å²) in [4.78, 5) is 16.8. The van der Waals surface area contributed by atoms with Gasteiger partial charge in [0.05, 0.1) is 15.1 Å². The molecule has 0 radical (unpaired) electrons. The molecule has 0 aliphatic carbocycles. The molecule has 1 amide bonds. The lowest BCUT2D eigenvalue weighted by Gasteiger charge is -2.08. The highest BCUT2D eigenvalue weighted by Crippen LogP contribution is 2.31. The predicted octanol–water partition coefficient (Wildman–Crippen LogP) is 4.72. The van der Waals surface area contributed by atoms with Crippen LogP contribution in [0.5, 0.6) is 0 Å². The molecule has 32 heavy (non-hydrogen) atoms. The van der Waals surface area contributed by atoms with Gasteiger partial charge >= 0.3 is 0 Å². The van der Waals surface area contributed by atoms with Gasteiger partial charge in [-0.05, 0) is 73.2 Å². The van der Waals surface area contributed by atoms with Crippen molar-refractivity contribution >= 4 is 43.2 Å². The summed E-state index contributed by atoms with van der Waals surface area (Å²) in [6.07, 6.45) is -0.0423. The van der Waals surface area contributed by atoms with E-state index in [1.807, 2.05) is 31.2 Å². The summed E-state index contributed by atoms with van der Waals surface area (Å²) in [5.74, 6) is -0.845. The molecular formula is C23H20FN3O3S2. The SMILES string of the molecule is Cc1ccc2nc(-c3ccc(NC(=O)CCNS(=O)(=O)c4ccc(F)cc4)cc3)sc2c1. The Balaban J connectivity index is 1.33. The number of aromatic nitrogens is 1. The average Bonchev–Trinajstić information content (AvgIpc) is 3.17. The topological polar surface area (TPSA) is 88.2 Å². The first-order valence-electron chi connectivity index (χ1n) is 9.83. The third-order valence-electron chi connectivity index (χ3n) is 4.73. The summed E-state index contributed by atoms with van der Waals surface area (Å²) in [7, 11) is -3.80. The number of hydrogen-bond donors (Lipinski definition) is 2. The largest absolute Gasteiger partial charge is 0.326 e. The van der Waals surface area contributed by atoms with E-state index in [0.29, 0.717) is 5.69 Å². The molecule has 0 bridgehead atoms. The van der Waals surface area contributed by atoms with Crippen molar-refractivity contribution in [2.45, 2.75) is 18.2 Å². The standard InChI is InChI=1S/C23H20FN3O3S2/c1-15-2-11-20-21(14-15)31-23(27-20)16-3-7-18(8-4-16)26-22(28)12-13-25-32(29,30)19-9-5-17(24)6-10-19/h2-11,14,25H,12-13H2,1H3,(H,26,28). The normalized spacial score (nSPS) is 11.6. The van der Waals surface area contributed by atoms with E-state index in [-0.39, 0.29) is 23.8 Å². The van der Waals surface area contributed by atoms with Gasteiger partial charge in [0.15, 0.2) is 0 Å². The minimum atomic E-state index is -3.80. The quantitative estimate of drug-likeness (QED) is 0.410. The fourth-order valence-corrected chi connectivity index (χ4v) is 5.17. The number of amides is 1. The molecule has 1 heterocycles. The van der Waals surface area contributed by atoms with Crippen LogP contribution in [0.25, 0.3) is 20.8 Å². The summed E-state index contributed by atoms with van der Waals surface area (Å²) < 4.78 is 40.8. The molecule has 0 unspecified atom stereocenters. The number of aryl methyl sites for hydroxylation is 1. The van der Waals surface area contributed by atoms with Gasteiger partial charge in [-0.1, -0.05) is 6.07 Å². The van der Waals surface area contributed by atoms with E-state index in [0.717, 1.165) is 32.9 Å². The van der Waals surface area contributed by atoms with Crippen LogP contribution in [0.1, 0.15) is 12.0 Å². The molecule has 164 valence electrons. The number of rotatable bonds is 7. The molecule has 3 aromatic carbocycles. The highest BCUT2D eigenvalue weighted by atomic mass is 32.2. The van der Waals surface area contributed by atoms with Gasteiger partial charge in [-0.15, -0.1) is 11.3 Å². The second kappa shape index (κ2) is 9.15. The number of nitrogens with one attached hydrogen (secondary N) is 2. The Morgan fingerprint density at radius 3 is 2.47 bits per heavy atom. The molecule has 2 N–H and O–H groups in total. The molecule has 0 saturated carbocycles. The first-order valence-corrected chi connectivity index (χ1v) is 12.1. The minimum absolute atomic E-state index is 0.0423. The molecule has 0 saturated heterocycles. The Bertz CT molecular complexity index is 1370. The Kier molecular flexibility index (Phi) is 6.31. The van der Waals surface area contributed by atoms with Gasteiger partial charge in [0.2, 0.25) is 15.9 Å². The average molecular weight is 470 g/mol. The molecule has 1 aromatic heterocycles. The predicted molar refractivity (Wildman–Crippen MR) is 125 cm³/mol. The van der Waals surface area contributed by atoms with Crippen LogP contribution in [-0.2, 0) is 14.8 Å². The maximum Gasteiger partial charge on any atom is 0.240 e. The third-order valence-corrected chi connectivity index (χ3v) is 7.27. The zero-order valence-electron chi connectivity index (χ0n) is 17.1. The highest BCUT2D eigenvalue weighted by Gasteiger charge is 2.14. The van der Waals surface area contributed by atoms with E-state index >= 15 is 0 Å². The van der Waals surface area contributed by atoms with Crippen molar-refractivity contribution in [2.24, 2.45) is 0 Å². The monoisotopic (exact) mass is 469 g/mol. The first-order chi connectivity index (χ1) is 15.3. The van der Waals surface area contributed by atoms with Crippen LogP contribution in [0.3, 0.4) is 0 Å². The van der Waals surface area contributed by atoms with E-state index in [4.69, 9.17) is 0 Å². The van der Waals surface area contributed by atoms with Gasteiger partial charge in [-0.2, -0.15) is 0 Å². The van der Waals surface area contributed by atoms with Crippen molar-refractivity contribution in [2.75, 3.05) is 11.9 Å². The Morgan fingerprint density at radius 1 is 1.03 bits per heavy atom. The molecule has 0 spiro atoms. The van der Waals surface area contributed by atoms with Crippen LogP contribution in [0, 0.1) is 12.7 Å². The molecule has 0 aliphatic heterocycles. The minimum Gasteiger partial charge on any atom is -0.326 e. The van der Waals surface area contributed by atoms with Crippen LogP contribution in [0.15, 0.2) is 71.6 Å². The summed E-state index contributed by atoms with van der Waals surface area (Å²) in [6.45, 7) is 1.97. The summed E-state index contributed by atoms with van der Waals surface area (Å²) in [6, 6.07) is 18.0. The molecule has 0 atom stereocenters. The molecule has 0 fully saturated rings. The van der Waals surface area contributed by atoms with Crippen LogP contribution < -0.4 is 10.0 Å². The molecule has 9 heteroatoms. The summed E-state index contributed by atoms with van der Waals surface area (Å²) >= 11 is 1.61. The van der Waals surface area contributed by atoms with Crippen molar-refractivity contribution in [3.8, 4) is 10.6 Å². The number of hydrogen-bond acceptors (Lipinski definition) is 5. The zero-order valence-corrected chi connectivity index (χ0v) is 18.8. The fourth-order valence-electron chi connectivity index (χ4n) is 3.07.